The Kier molecular flexibility index (Phi) is 4.13. The molecule has 1 aromatic heterocycles. The third-order valence-electron chi connectivity index (χ3n) is 2.75. The second-order valence-electron chi connectivity index (χ2n) is 4.25. The van der Waals surface area contributed by atoms with Crippen LogP contribution in [-0.4, -0.2) is 18.1 Å². The topological polar surface area (TPSA) is 51.2 Å². The zero-order chi connectivity index (χ0) is 13.7. The summed E-state index contributed by atoms with van der Waals surface area (Å²) in [6.07, 6.45) is 1.84. The van der Waals surface area contributed by atoms with E-state index in [1.807, 2.05) is 37.4 Å². The molecular formula is C15H16N2O2. The number of methoxy groups -OCH3 is 1. The number of carbonyl (C=O) groups is 1. The van der Waals surface area contributed by atoms with Crippen LogP contribution in [0.25, 0.3) is 0 Å². The summed E-state index contributed by atoms with van der Waals surface area (Å²) in [5.74, 6) is -0.327. The molecule has 2 aromatic rings. The third kappa shape index (κ3) is 3.55. The van der Waals surface area contributed by atoms with Crippen LogP contribution in [0.3, 0.4) is 0 Å². The number of nitrogens with zero attached hydrogens (tertiary/aromatic N) is 1. The van der Waals surface area contributed by atoms with E-state index in [2.05, 4.69) is 15.0 Å². The summed E-state index contributed by atoms with van der Waals surface area (Å²) >= 11 is 0. The molecule has 0 saturated heterocycles. The summed E-state index contributed by atoms with van der Waals surface area (Å²) in [4.78, 5) is 15.6. The molecule has 0 aliphatic carbocycles. The highest BCUT2D eigenvalue weighted by atomic mass is 16.5. The van der Waals surface area contributed by atoms with Crippen molar-refractivity contribution in [1.82, 2.24) is 4.98 Å². The second kappa shape index (κ2) is 6.00. The summed E-state index contributed by atoms with van der Waals surface area (Å²) in [6, 6.07) is 11.2. The van der Waals surface area contributed by atoms with Crippen molar-refractivity contribution in [3.63, 3.8) is 0 Å². The number of esters is 1. The largest absolute Gasteiger partial charge is 0.465 e. The average Bonchev–Trinajstić information content (AvgIpc) is 2.46. The molecule has 2 rings (SSSR count). The highest BCUT2D eigenvalue weighted by Crippen LogP contribution is 2.11. The number of pyridine rings is 1. The van der Waals surface area contributed by atoms with E-state index < -0.39 is 0 Å². The first-order valence-electron chi connectivity index (χ1n) is 6.03. The molecule has 0 atom stereocenters. The highest BCUT2D eigenvalue weighted by Gasteiger charge is 2.04. The third-order valence-corrected chi connectivity index (χ3v) is 2.75. The van der Waals surface area contributed by atoms with Crippen LogP contribution in [0, 0.1) is 6.92 Å². The molecule has 1 aromatic carbocycles. The summed E-state index contributed by atoms with van der Waals surface area (Å²) < 4.78 is 4.65. The molecule has 0 aliphatic heterocycles. The van der Waals surface area contributed by atoms with Gasteiger partial charge in [-0.3, -0.25) is 4.98 Å². The predicted molar refractivity (Wildman–Crippen MR) is 74.1 cm³/mol. The molecule has 98 valence electrons. The summed E-state index contributed by atoms with van der Waals surface area (Å²) in [6.45, 7) is 2.66. The average molecular weight is 256 g/mol. The Bertz CT molecular complexity index is 547. The van der Waals surface area contributed by atoms with Gasteiger partial charge in [-0.25, -0.2) is 4.79 Å². The number of aromatic nitrogens is 1. The van der Waals surface area contributed by atoms with Gasteiger partial charge in [0.15, 0.2) is 0 Å². The van der Waals surface area contributed by atoms with Gasteiger partial charge in [-0.05, 0) is 42.8 Å². The van der Waals surface area contributed by atoms with E-state index in [1.165, 1.54) is 7.11 Å². The summed E-state index contributed by atoms with van der Waals surface area (Å²) in [5.41, 5.74) is 3.60. The smallest absolute Gasteiger partial charge is 0.337 e. The normalized spacial score (nSPS) is 10.0. The number of anilines is 1. The van der Waals surface area contributed by atoms with Gasteiger partial charge in [-0.2, -0.15) is 0 Å². The van der Waals surface area contributed by atoms with Crippen molar-refractivity contribution >= 4 is 11.7 Å². The highest BCUT2D eigenvalue weighted by molar-refractivity contribution is 5.89. The van der Waals surface area contributed by atoms with Gasteiger partial charge >= 0.3 is 5.97 Å². The van der Waals surface area contributed by atoms with Gasteiger partial charge in [0.1, 0.15) is 0 Å². The van der Waals surface area contributed by atoms with Gasteiger partial charge < -0.3 is 10.1 Å². The molecular weight excluding hydrogens is 240 g/mol. The van der Waals surface area contributed by atoms with Crippen molar-refractivity contribution in [2.45, 2.75) is 13.5 Å². The van der Waals surface area contributed by atoms with Crippen LogP contribution in [0.2, 0.25) is 0 Å². The molecule has 1 N–H and O–H groups in total. The Hall–Kier alpha value is -2.36. The van der Waals surface area contributed by atoms with Crippen LogP contribution in [0.1, 0.15) is 21.6 Å². The number of aryl methyl sites for hydroxylation is 1. The number of nitrogens with one attached hydrogen (secondary N) is 1. The molecule has 0 saturated carbocycles. The van der Waals surface area contributed by atoms with Crippen molar-refractivity contribution in [3.8, 4) is 0 Å². The van der Waals surface area contributed by atoms with Crippen LogP contribution in [0.15, 0.2) is 42.6 Å². The molecule has 0 amide bonds. The van der Waals surface area contributed by atoms with Gasteiger partial charge in [0, 0.05) is 11.9 Å². The van der Waals surface area contributed by atoms with Crippen LogP contribution in [-0.2, 0) is 11.3 Å². The van der Waals surface area contributed by atoms with Gasteiger partial charge in [-0.15, -0.1) is 0 Å². The lowest BCUT2D eigenvalue weighted by Crippen LogP contribution is -2.03. The molecule has 0 fully saturated rings. The quantitative estimate of drug-likeness (QED) is 0.855. The number of ether oxygens (including phenoxy) is 1. The Morgan fingerprint density at radius 1 is 1.21 bits per heavy atom. The second-order valence-corrected chi connectivity index (χ2v) is 4.25. The first-order valence-corrected chi connectivity index (χ1v) is 6.03. The van der Waals surface area contributed by atoms with E-state index >= 15 is 0 Å². The maximum atomic E-state index is 11.3. The number of benzene rings is 1. The fraction of sp³-hybridized carbons (Fsp3) is 0.200. The number of carbonyl (C=O) groups excluding carboxylic acids is 1. The molecule has 0 bridgehead atoms. The Labute approximate surface area is 112 Å². The van der Waals surface area contributed by atoms with Crippen LogP contribution < -0.4 is 5.32 Å². The lowest BCUT2D eigenvalue weighted by Gasteiger charge is -2.07. The van der Waals surface area contributed by atoms with Crippen LogP contribution in [0.5, 0.6) is 0 Å². The van der Waals surface area contributed by atoms with E-state index in [1.54, 1.807) is 12.1 Å². The minimum atomic E-state index is -0.327. The van der Waals surface area contributed by atoms with Crippen molar-refractivity contribution in [3.05, 3.63) is 59.4 Å². The zero-order valence-corrected chi connectivity index (χ0v) is 11.0. The van der Waals surface area contributed by atoms with Crippen molar-refractivity contribution in [1.29, 1.82) is 0 Å². The summed E-state index contributed by atoms with van der Waals surface area (Å²) in [7, 11) is 1.37. The van der Waals surface area contributed by atoms with E-state index in [9.17, 15) is 4.79 Å². The number of hydrogen-bond donors (Lipinski definition) is 1. The number of hydrogen-bond acceptors (Lipinski definition) is 4. The SMILES string of the molecule is COC(=O)c1ccc(NCc2ccc(C)cn2)cc1. The first-order chi connectivity index (χ1) is 9.19. The molecule has 1 heterocycles. The molecule has 19 heavy (non-hydrogen) atoms. The van der Waals surface area contributed by atoms with Crippen molar-refractivity contribution < 1.29 is 9.53 Å². The first kappa shape index (κ1) is 13.1. The van der Waals surface area contributed by atoms with Crippen molar-refractivity contribution in [2.24, 2.45) is 0 Å². The summed E-state index contributed by atoms with van der Waals surface area (Å²) in [5, 5.41) is 3.25. The monoisotopic (exact) mass is 256 g/mol. The fourth-order valence-electron chi connectivity index (χ4n) is 1.64. The molecule has 0 unspecified atom stereocenters. The Morgan fingerprint density at radius 2 is 1.95 bits per heavy atom. The van der Waals surface area contributed by atoms with Gasteiger partial charge in [0.2, 0.25) is 0 Å². The van der Waals surface area contributed by atoms with Crippen LogP contribution >= 0.6 is 0 Å². The maximum Gasteiger partial charge on any atom is 0.337 e. The lowest BCUT2D eigenvalue weighted by molar-refractivity contribution is 0.0601. The molecule has 4 nitrogen and oxygen atoms in total. The molecule has 0 spiro atoms. The minimum Gasteiger partial charge on any atom is -0.465 e. The molecule has 0 radical (unpaired) electrons. The van der Waals surface area contributed by atoms with E-state index in [4.69, 9.17) is 0 Å². The fourth-order valence-corrected chi connectivity index (χ4v) is 1.64. The van der Waals surface area contributed by atoms with E-state index in [-0.39, 0.29) is 5.97 Å². The van der Waals surface area contributed by atoms with Crippen molar-refractivity contribution in [2.75, 3.05) is 12.4 Å². The van der Waals surface area contributed by atoms with Gasteiger partial charge in [0.05, 0.1) is 24.9 Å². The maximum absolute atomic E-state index is 11.3. The van der Waals surface area contributed by atoms with E-state index in [0.717, 1.165) is 16.9 Å². The van der Waals surface area contributed by atoms with Crippen LogP contribution in [0.4, 0.5) is 5.69 Å². The lowest BCUT2D eigenvalue weighted by atomic mass is 10.2. The standard InChI is InChI=1S/C15H16N2O2/c1-11-3-6-14(16-9-11)10-17-13-7-4-12(5-8-13)15(18)19-2/h3-9,17H,10H2,1-2H3. The zero-order valence-electron chi connectivity index (χ0n) is 11.0. The van der Waals surface area contributed by atoms with Gasteiger partial charge in [0.25, 0.3) is 0 Å². The predicted octanol–water partition coefficient (Wildman–Crippen LogP) is 2.79. The van der Waals surface area contributed by atoms with Gasteiger partial charge in [-0.1, -0.05) is 6.07 Å². The van der Waals surface area contributed by atoms with E-state index in [0.29, 0.717) is 12.1 Å². The minimum absolute atomic E-state index is 0.327. The number of rotatable bonds is 4. The Morgan fingerprint density at radius 3 is 2.53 bits per heavy atom. The molecule has 0 aliphatic rings. The molecule has 4 heteroatoms. The Balaban J connectivity index is 1.96.